The molecule has 14 heteroatoms. The lowest BCUT2D eigenvalue weighted by Gasteiger charge is -2.20. The highest BCUT2D eigenvalue weighted by Gasteiger charge is 2.65. The zero-order valence-corrected chi connectivity index (χ0v) is 20.5. The minimum atomic E-state index is -4.77. The number of nitrogens with one attached hydrogen (secondary N) is 1. The van der Waals surface area contributed by atoms with Gasteiger partial charge in [-0.25, -0.2) is 13.4 Å². The molecule has 1 fully saturated rings. The van der Waals surface area contributed by atoms with Crippen molar-refractivity contribution in [1.29, 1.82) is 0 Å². The lowest BCUT2D eigenvalue weighted by molar-refractivity contribution is -0.160. The van der Waals surface area contributed by atoms with E-state index >= 15 is 0 Å². The van der Waals surface area contributed by atoms with E-state index in [1.165, 1.54) is 16.7 Å². The van der Waals surface area contributed by atoms with Gasteiger partial charge in [-0.1, -0.05) is 30.3 Å². The molecule has 0 saturated heterocycles. The van der Waals surface area contributed by atoms with E-state index in [9.17, 15) is 39.6 Å². The van der Waals surface area contributed by atoms with Gasteiger partial charge in [0.1, 0.15) is 11.2 Å². The van der Waals surface area contributed by atoms with Gasteiger partial charge in [-0.2, -0.15) is 31.1 Å². The number of nitrogens with zero attached hydrogens (tertiary/aromatic N) is 2. The molecule has 4 aromatic rings. The van der Waals surface area contributed by atoms with Crippen LogP contribution in [-0.2, 0) is 16.2 Å². The third-order valence-corrected chi connectivity index (χ3v) is 8.01. The lowest BCUT2D eigenvalue weighted by atomic mass is 10.0. The van der Waals surface area contributed by atoms with E-state index in [2.05, 4.69) is 4.98 Å². The predicted molar refractivity (Wildman–Crippen MR) is 128 cm³/mol. The molecule has 0 bridgehead atoms. The molecule has 0 spiro atoms. The fourth-order valence-corrected chi connectivity index (χ4v) is 5.79. The Kier molecular flexibility index (Phi) is 6.03. The van der Waals surface area contributed by atoms with Crippen LogP contribution in [0.3, 0.4) is 0 Å². The summed E-state index contributed by atoms with van der Waals surface area (Å²) in [6, 6.07) is 13.5. The van der Waals surface area contributed by atoms with Crippen molar-refractivity contribution < 1.29 is 39.6 Å². The smallest absolute Gasteiger partial charge is 0.366 e. The zero-order chi connectivity index (χ0) is 28.4. The van der Waals surface area contributed by atoms with Gasteiger partial charge in [0.25, 0.3) is 5.91 Å². The van der Waals surface area contributed by atoms with Crippen LogP contribution in [0.25, 0.3) is 28.0 Å². The van der Waals surface area contributed by atoms with Crippen molar-refractivity contribution in [3.63, 3.8) is 0 Å². The van der Waals surface area contributed by atoms with Crippen LogP contribution >= 0.6 is 0 Å². The molecule has 3 N–H and O–H groups in total. The second kappa shape index (κ2) is 8.81. The van der Waals surface area contributed by atoms with Crippen molar-refractivity contribution in [2.45, 2.75) is 35.6 Å². The van der Waals surface area contributed by atoms with Crippen molar-refractivity contribution in [2.75, 3.05) is 0 Å². The number of carbonyl (C=O) groups is 1. The second-order valence-corrected chi connectivity index (χ2v) is 10.7. The van der Waals surface area contributed by atoms with Crippen molar-refractivity contribution in [3.05, 3.63) is 78.0 Å². The number of rotatable bonds is 6. The van der Waals surface area contributed by atoms with E-state index in [0.29, 0.717) is 11.9 Å². The third kappa shape index (κ3) is 4.63. The first-order valence-electron chi connectivity index (χ1n) is 11.3. The Balaban J connectivity index is 1.69. The number of primary amides is 1. The molecule has 5 rings (SSSR count). The second-order valence-electron chi connectivity index (χ2n) is 9.06. The normalized spacial score (nSPS) is 15.4. The summed E-state index contributed by atoms with van der Waals surface area (Å²) in [5.41, 5.74) is 2.27. The molecule has 1 saturated carbocycles. The van der Waals surface area contributed by atoms with E-state index in [1.807, 2.05) is 0 Å². The van der Waals surface area contributed by atoms with Crippen LogP contribution < -0.4 is 10.5 Å². The average Bonchev–Trinajstić information content (AvgIpc) is 3.56. The van der Waals surface area contributed by atoms with Crippen LogP contribution in [0.1, 0.15) is 28.8 Å². The van der Waals surface area contributed by atoms with Crippen molar-refractivity contribution in [1.82, 2.24) is 14.3 Å². The summed E-state index contributed by atoms with van der Waals surface area (Å²) >= 11 is 0. The Labute approximate surface area is 217 Å². The van der Waals surface area contributed by atoms with Gasteiger partial charge in [-0.05, 0) is 48.7 Å². The molecule has 2 aromatic heterocycles. The maximum atomic E-state index is 13.5. The van der Waals surface area contributed by atoms with Crippen molar-refractivity contribution >= 4 is 27.0 Å². The highest BCUT2D eigenvalue weighted by Crippen LogP contribution is 2.49. The summed E-state index contributed by atoms with van der Waals surface area (Å²) in [5, 5.41) is -0.185. The molecule has 1 aliphatic carbocycles. The molecule has 1 aliphatic rings. The van der Waals surface area contributed by atoms with Gasteiger partial charge in [0.2, 0.25) is 10.0 Å². The van der Waals surface area contributed by atoms with Gasteiger partial charge < -0.3 is 5.73 Å². The third-order valence-electron chi connectivity index (χ3n) is 6.46. The first-order valence-corrected chi connectivity index (χ1v) is 12.8. The van der Waals surface area contributed by atoms with Crippen LogP contribution in [0, 0.1) is 0 Å². The highest BCUT2D eigenvalue weighted by atomic mass is 32.2. The van der Waals surface area contributed by atoms with Crippen LogP contribution in [0.2, 0.25) is 0 Å². The van der Waals surface area contributed by atoms with E-state index in [4.69, 9.17) is 5.73 Å². The Hall–Kier alpha value is -3.91. The number of para-hydroxylation sites is 1. The van der Waals surface area contributed by atoms with E-state index in [0.717, 1.165) is 18.2 Å². The molecule has 0 atom stereocenters. The maximum Gasteiger partial charge on any atom is 0.417 e. The van der Waals surface area contributed by atoms with E-state index in [-0.39, 0.29) is 40.7 Å². The van der Waals surface area contributed by atoms with Crippen LogP contribution in [0.5, 0.6) is 0 Å². The molecule has 1 amide bonds. The number of benzene rings is 2. The molecule has 2 aromatic carbocycles. The summed E-state index contributed by atoms with van der Waals surface area (Å²) in [6.07, 6.45) is -9.69. The molecule has 204 valence electrons. The number of amides is 1. The minimum absolute atomic E-state index is 0.0165. The number of aromatic nitrogens is 2. The molecule has 7 nitrogen and oxygen atoms in total. The van der Waals surface area contributed by atoms with Gasteiger partial charge in [0.05, 0.1) is 21.7 Å². The van der Waals surface area contributed by atoms with Gasteiger partial charge in [-0.15, -0.1) is 0 Å². The monoisotopic (exact) mass is 568 g/mol. The zero-order valence-electron chi connectivity index (χ0n) is 19.6. The predicted octanol–water partition coefficient (Wildman–Crippen LogP) is 5.18. The summed E-state index contributed by atoms with van der Waals surface area (Å²) in [7, 11) is -4.58. The van der Waals surface area contributed by atoms with Crippen LogP contribution in [0.4, 0.5) is 26.3 Å². The van der Waals surface area contributed by atoms with Gasteiger partial charge in [0.15, 0.2) is 0 Å². The van der Waals surface area contributed by atoms with E-state index < -0.39 is 44.3 Å². The SMILES string of the molecule is NC(=O)c1c(-c2ccc(S(=O)(=O)NC3(C(F)(F)F)CC3)cc2)n(-c2ccccc2)c2ncc(C(F)(F)F)cc12. The summed E-state index contributed by atoms with van der Waals surface area (Å²) in [5.74, 6) is -1.06. The first-order chi connectivity index (χ1) is 18.1. The lowest BCUT2D eigenvalue weighted by Crippen LogP contribution is -2.47. The largest absolute Gasteiger partial charge is 0.417 e. The number of hydrogen-bond acceptors (Lipinski definition) is 4. The average molecular weight is 568 g/mol. The Morgan fingerprint density at radius 3 is 2.10 bits per heavy atom. The summed E-state index contributed by atoms with van der Waals surface area (Å²) < 4.78 is 109. The van der Waals surface area contributed by atoms with Gasteiger partial charge in [-0.3, -0.25) is 9.36 Å². The number of fused-ring (bicyclic) bond motifs is 1. The number of alkyl halides is 6. The fraction of sp³-hybridized carbons (Fsp3) is 0.200. The summed E-state index contributed by atoms with van der Waals surface area (Å²) in [4.78, 5) is 16.1. The van der Waals surface area contributed by atoms with Crippen molar-refractivity contribution in [3.8, 4) is 16.9 Å². The topological polar surface area (TPSA) is 107 Å². The summed E-state index contributed by atoms with van der Waals surface area (Å²) in [6.45, 7) is 0. The van der Waals surface area contributed by atoms with Gasteiger partial charge >= 0.3 is 12.4 Å². The standard InChI is InChI=1S/C25H18F6N4O3S/c26-24(27,28)15-12-18-19(21(32)36)20(35(22(18)33-13-15)16-4-2-1-3-5-16)14-6-8-17(9-7-14)39(37,38)34-23(10-11-23)25(29,30)31/h1-9,12-13,34H,10-11H2,(H2,32,36). The molecular formula is C25H18F6N4O3S. The minimum Gasteiger partial charge on any atom is -0.366 e. The molecule has 0 aliphatic heterocycles. The molecule has 0 unspecified atom stereocenters. The Bertz CT molecular complexity index is 1690. The Morgan fingerprint density at radius 2 is 1.59 bits per heavy atom. The molecule has 0 radical (unpaired) electrons. The molecule has 39 heavy (non-hydrogen) atoms. The van der Waals surface area contributed by atoms with Crippen LogP contribution in [-0.4, -0.2) is 35.6 Å². The van der Waals surface area contributed by atoms with Gasteiger partial charge in [0, 0.05) is 17.3 Å². The number of halogens is 6. The van der Waals surface area contributed by atoms with Crippen LogP contribution in [0.15, 0.2) is 71.8 Å². The fourth-order valence-electron chi connectivity index (χ4n) is 4.35. The number of carbonyl (C=O) groups excluding carboxylic acids is 1. The Morgan fingerprint density at radius 1 is 0.974 bits per heavy atom. The molecule has 2 heterocycles. The molecular weight excluding hydrogens is 550 g/mol. The van der Waals surface area contributed by atoms with E-state index in [1.54, 1.807) is 35.1 Å². The first kappa shape index (κ1) is 26.7. The number of nitrogens with two attached hydrogens (primary N) is 1. The highest BCUT2D eigenvalue weighted by molar-refractivity contribution is 7.89. The van der Waals surface area contributed by atoms with Crippen molar-refractivity contribution in [2.24, 2.45) is 5.73 Å². The number of sulfonamides is 1. The maximum absolute atomic E-state index is 13.5. The quantitative estimate of drug-likeness (QED) is 0.313. The number of pyridine rings is 1. The number of hydrogen-bond donors (Lipinski definition) is 2.